The number of halogens is 1. The molecule has 0 aromatic heterocycles. The maximum Gasteiger partial charge on any atom is 0.123 e. The van der Waals surface area contributed by atoms with Crippen molar-refractivity contribution in [3.8, 4) is 0 Å². The molecule has 1 fully saturated rings. The van der Waals surface area contributed by atoms with Gasteiger partial charge in [0.05, 0.1) is 0 Å². The van der Waals surface area contributed by atoms with Crippen molar-refractivity contribution in [3.63, 3.8) is 0 Å². The molecule has 1 unspecified atom stereocenters. The minimum absolute atomic E-state index is 0.0964. The minimum atomic E-state index is -0.0964. The molecule has 0 saturated heterocycles. The maximum atomic E-state index is 13.2. The first-order valence-corrected chi connectivity index (χ1v) is 7.27. The highest BCUT2D eigenvalue weighted by atomic mass is 19.1. The lowest BCUT2D eigenvalue weighted by Crippen LogP contribution is -2.34. The summed E-state index contributed by atoms with van der Waals surface area (Å²) in [5.41, 5.74) is 2.53. The smallest absolute Gasteiger partial charge is 0.123 e. The van der Waals surface area contributed by atoms with Gasteiger partial charge in [0.2, 0.25) is 0 Å². The summed E-state index contributed by atoms with van der Waals surface area (Å²) in [4.78, 5) is 0. The van der Waals surface area contributed by atoms with E-state index in [0.717, 1.165) is 18.8 Å². The molecule has 0 radical (unpaired) electrons. The molecule has 1 nitrogen and oxygen atoms in total. The molecule has 98 valence electrons. The van der Waals surface area contributed by atoms with Gasteiger partial charge in [-0.15, -0.1) is 0 Å². The largest absolute Gasteiger partial charge is 0.307 e. The number of fused-ring (bicyclic) bond motifs is 1. The van der Waals surface area contributed by atoms with Crippen LogP contribution in [0, 0.1) is 11.7 Å². The van der Waals surface area contributed by atoms with Crippen molar-refractivity contribution in [1.82, 2.24) is 5.32 Å². The highest BCUT2D eigenvalue weighted by molar-refractivity contribution is 5.35. The van der Waals surface area contributed by atoms with Crippen molar-refractivity contribution in [2.45, 2.75) is 57.5 Å². The van der Waals surface area contributed by atoms with Gasteiger partial charge < -0.3 is 5.32 Å². The zero-order valence-corrected chi connectivity index (χ0v) is 11.1. The van der Waals surface area contributed by atoms with Gasteiger partial charge in [-0.1, -0.05) is 13.0 Å². The maximum absolute atomic E-state index is 13.2. The van der Waals surface area contributed by atoms with Crippen LogP contribution in [0.1, 0.15) is 56.2 Å². The topological polar surface area (TPSA) is 12.0 Å². The van der Waals surface area contributed by atoms with E-state index in [4.69, 9.17) is 0 Å². The zero-order valence-electron chi connectivity index (χ0n) is 11.1. The van der Waals surface area contributed by atoms with Crippen LogP contribution in [0.3, 0.4) is 0 Å². The van der Waals surface area contributed by atoms with Crippen LogP contribution in [0.4, 0.5) is 4.39 Å². The van der Waals surface area contributed by atoms with Crippen molar-refractivity contribution in [2.24, 2.45) is 5.92 Å². The highest BCUT2D eigenvalue weighted by Gasteiger charge is 2.26. The standard InChI is InChI=1S/C16H22FN/c1-11-2-6-14(7-3-11)18-16-9-4-12-10-13(17)5-8-15(12)16/h5,8,10-11,14,16,18H,2-4,6-7,9H2,1H3. The fourth-order valence-electron chi connectivity index (χ4n) is 3.47. The predicted octanol–water partition coefficient (Wildman–Crippen LogP) is 3.98. The Morgan fingerprint density at radius 2 is 1.89 bits per heavy atom. The molecule has 0 aliphatic heterocycles. The van der Waals surface area contributed by atoms with Crippen LogP contribution in [-0.2, 0) is 6.42 Å². The Bertz CT molecular complexity index is 421. The summed E-state index contributed by atoms with van der Waals surface area (Å²) in [6.07, 6.45) is 7.45. The Kier molecular flexibility index (Phi) is 3.38. The Balaban J connectivity index is 1.66. The monoisotopic (exact) mass is 247 g/mol. The van der Waals surface area contributed by atoms with Gasteiger partial charge >= 0.3 is 0 Å². The van der Waals surface area contributed by atoms with Crippen molar-refractivity contribution in [1.29, 1.82) is 0 Å². The molecule has 2 aliphatic carbocycles. The molecule has 1 N–H and O–H groups in total. The molecule has 2 aliphatic rings. The second-order valence-electron chi connectivity index (χ2n) is 6.06. The second-order valence-corrected chi connectivity index (χ2v) is 6.06. The Hall–Kier alpha value is -0.890. The normalized spacial score (nSPS) is 31.3. The lowest BCUT2D eigenvalue weighted by Gasteiger charge is -2.30. The van der Waals surface area contributed by atoms with Crippen molar-refractivity contribution in [2.75, 3.05) is 0 Å². The molecular weight excluding hydrogens is 225 g/mol. The van der Waals surface area contributed by atoms with E-state index in [2.05, 4.69) is 12.2 Å². The first-order valence-electron chi connectivity index (χ1n) is 7.27. The number of nitrogens with one attached hydrogen (secondary N) is 1. The molecule has 1 atom stereocenters. The zero-order chi connectivity index (χ0) is 12.5. The summed E-state index contributed by atoms with van der Waals surface area (Å²) in [5.74, 6) is 0.800. The Morgan fingerprint density at radius 3 is 2.67 bits per heavy atom. The van der Waals surface area contributed by atoms with E-state index in [1.807, 2.05) is 6.07 Å². The Labute approximate surface area is 109 Å². The number of benzene rings is 1. The summed E-state index contributed by atoms with van der Waals surface area (Å²) < 4.78 is 13.2. The predicted molar refractivity (Wildman–Crippen MR) is 72.0 cm³/mol. The van der Waals surface area contributed by atoms with E-state index in [0.29, 0.717) is 12.1 Å². The molecule has 0 heterocycles. The number of hydrogen-bond acceptors (Lipinski definition) is 1. The molecule has 0 spiro atoms. The van der Waals surface area contributed by atoms with E-state index >= 15 is 0 Å². The second kappa shape index (κ2) is 5.00. The summed E-state index contributed by atoms with van der Waals surface area (Å²) in [7, 11) is 0. The molecule has 0 bridgehead atoms. The molecule has 3 rings (SSSR count). The van der Waals surface area contributed by atoms with Gasteiger partial charge in [0.1, 0.15) is 5.82 Å². The van der Waals surface area contributed by atoms with Crippen LogP contribution < -0.4 is 5.32 Å². The number of aryl methyl sites for hydroxylation is 1. The van der Waals surface area contributed by atoms with Gasteiger partial charge in [-0.05, 0) is 67.7 Å². The third kappa shape index (κ3) is 2.44. The fourth-order valence-corrected chi connectivity index (χ4v) is 3.47. The summed E-state index contributed by atoms with van der Waals surface area (Å²) in [5, 5.41) is 3.79. The van der Waals surface area contributed by atoms with Crippen molar-refractivity contribution in [3.05, 3.63) is 35.1 Å². The first kappa shape index (κ1) is 12.2. The Morgan fingerprint density at radius 1 is 1.11 bits per heavy atom. The van der Waals surface area contributed by atoms with Crippen LogP contribution >= 0.6 is 0 Å². The van der Waals surface area contributed by atoms with E-state index in [9.17, 15) is 4.39 Å². The van der Waals surface area contributed by atoms with Crippen LogP contribution in [0.15, 0.2) is 18.2 Å². The van der Waals surface area contributed by atoms with E-state index in [1.54, 1.807) is 12.1 Å². The molecular formula is C16H22FN. The summed E-state index contributed by atoms with van der Waals surface area (Å²) >= 11 is 0. The summed E-state index contributed by atoms with van der Waals surface area (Å²) in [6, 6.07) is 6.41. The lowest BCUT2D eigenvalue weighted by atomic mass is 9.87. The highest BCUT2D eigenvalue weighted by Crippen LogP contribution is 2.33. The molecule has 1 aromatic rings. The van der Waals surface area contributed by atoms with Crippen LogP contribution in [-0.4, -0.2) is 6.04 Å². The average Bonchev–Trinajstić information content (AvgIpc) is 2.74. The molecule has 1 aromatic carbocycles. The van der Waals surface area contributed by atoms with Gasteiger partial charge in [-0.3, -0.25) is 0 Å². The number of rotatable bonds is 2. The van der Waals surface area contributed by atoms with Gasteiger partial charge in [0.25, 0.3) is 0 Å². The fraction of sp³-hybridized carbons (Fsp3) is 0.625. The van der Waals surface area contributed by atoms with E-state index < -0.39 is 0 Å². The van der Waals surface area contributed by atoms with E-state index in [-0.39, 0.29) is 5.82 Å². The average molecular weight is 247 g/mol. The quantitative estimate of drug-likeness (QED) is 0.833. The molecule has 2 heteroatoms. The minimum Gasteiger partial charge on any atom is -0.307 e. The van der Waals surface area contributed by atoms with Crippen LogP contribution in [0.25, 0.3) is 0 Å². The van der Waals surface area contributed by atoms with Gasteiger partial charge in [-0.25, -0.2) is 4.39 Å². The van der Waals surface area contributed by atoms with Crippen molar-refractivity contribution >= 4 is 0 Å². The van der Waals surface area contributed by atoms with E-state index in [1.165, 1.54) is 36.8 Å². The SMILES string of the molecule is CC1CCC(NC2CCc3cc(F)ccc32)CC1. The number of hydrogen-bond donors (Lipinski definition) is 1. The molecule has 1 saturated carbocycles. The third-order valence-electron chi connectivity index (χ3n) is 4.64. The molecule has 0 amide bonds. The van der Waals surface area contributed by atoms with Gasteiger partial charge in [0, 0.05) is 12.1 Å². The van der Waals surface area contributed by atoms with Crippen LogP contribution in [0.2, 0.25) is 0 Å². The van der Waals surface area contributed by atoms with Crippen molar-refractivity contribution < 1.29 is 4.39 Å². The van der Waals surface area contributed by atoms with Gasteiger partial charge in [0.15, 0.2) is 0 Å². The summed E-state index contributed by atoms with van der Waals surface area (Å²) in [6.45, 7) is 2.35. The van der Waals surface area contributed by atoms with Gasteiger partial charge in [-0.2, -0.15) is 0 Å². The lowest BCUT2D eigenvalue weighted by molar-refractivity contribution is 0.286. The third-order valence-corrected chi connectivity index (χ3v) is 4.64. The van der Waals surface area contributed by atoms with Crippen LogP contribution in [0.5, 0.6) is 0 Å². The first-order chi connectivity index (χ1) is 8.72. The molecule has 18 heavy (non-hydrogen) atoms.